The van der Waals surface area contributed by atoms with Gasteiger partial charge in [-0.3, -0.25) is 9.59 Å². The molecule has 0 unspecified atom stereocenters. The minimum absolute atomic E-state index is 0.170. The zero-order valence-electron chi connectivity index (χ0n) is 14.7. The number of benzene rings is 1. The summed E-state index contributed by atoms with van der Waals surface area (Å²) in [7, 11) is 2.89. The van der Waals surface area contributed by atoms with Crippen LogP contribution in [0.1, 0.15) is 28.8 Å². The van der Waals surface area contributed by atoms with Crippen LogP contribution in [0.5, 0.6) is 5.75 Å². The maximum absolute atomic E-state index is 12.2. The van der Waals surface area contributed by atoms with Gasteiger partial charge >= 0.3 is 11.9 Å². The van der Waals surface area contributed by atoms with Crippen molar-refractivity contribution >= 4 is 17.8 Å². The smallest absolute Gasteiger partial charge is 0.338 e. The van der Waals surface area contributed by atoms with Crippen LogP contribution in [-0.2, 0) is 19.1 Å². The van der Waals surface area contributed by atoms with Crippen LogP contribution in [0, 0.1) is 12.8 Å². The Labute approximate surface area is 146 Å². The van der Waals surface area contributed by atoms with Crippen LogP contribution < -0.4 is 4.74 Å². The zero-order valence-corrected chi connectivity index (χ0v) is 14.7. The van der Waals surface area contributed by atoms with E-state index in [1.165, 1.54) is 14.2 Å². The van der Waals surface area contributed by atoms with Crippen molar-refractivity contribution in [2.24, 2.45) is 5.92 Å². The highest BCUT2D eigenvalue weighted by Gasteiger charge is 2.28. The van der Waals surface area contributed by atoms with Crippen LogP contribution in [0.15, 0.2) is 18.2 Å². The van der Waals surface area contributed by atoms with Gasteiger partial charge in [-0.1, -0.05) is 6.07 Å². The highest BCUT2D eigenvalue weighted by Crippen LogP contribution is 2.20. The topological polar surface area (TPSA) is 82.1 Å². The van der Waals surface area contributed by atoms with Crippen LogP contribution in [0.25, 0.3) is 0 Å². The van der Waals surface area contributed by atoms with Gasteiger partial charge in [0.15, 0.2) is 6.61 Å². The summed E-state index contributed by atoms with van der Waals surface area (Å²) < 4.78 is 15.0. The molecule has 136 valence electrons. The van der Waals surface area contributed by atoms with Crippen molar-refractivity contribution in [2.75, 3.05) is 33.9 Å². The minimum atomic E-state index is -0.573. The molecule has 1 aromatic rings. The van der Waals surface area contributed by atoms with E-state index in [1.54, 1.807) is 23.1 Å². The van der Waals surface area contributed by atoms with Crippen molar-refractivity contribution in [3.8, 4) is 5.75 Å². The predicted molar refractivity (Wildman–Crippen MR) is 89.3 cm³/mol. The Kier molecular flexibility index (Phi) is 6.38. The van der Waals surface area contributed by atoms with E-state index in [0.29, 0.717) is 37.2 Å². The lowest BCUT2D eigenvalue weighted by Gasteiger charge is -2.30. The van der Waals surface area contributed by atoms with E-state index in [1.807, 2.05) is 6.92 Å². The van der Waals surface area contributed by atoms with Gasteiger partial charge in [-0.15, -0.1) is 0 Å². The summed E-state index contributed by atoms with van der Waals surface area (Å²) in [6, 6.07) is 4.98. The van der Waals surface area contributed by atoms with Gasteiger partial charge in [-0.25, -0.2) is 4.79 Å². The maximum atomic E-state index is 12.2. The summed E-state index contributed by atoms with van der Waals surface area (Å²) in [5, 5.41) is 0. The van der Waals surface area contributed by atoms with E-state index >= 15 is 0 Å². The summed E-state index contributed by atoms with van der Waals surface area (Å²) in [5.74, 6) is -0.666. The molecule has 0 spiro atoms. The summed E-state index contributed by atoms with van der Waals surface area (Å²) >= 11 is 0. The lowest BCUT2D eigenvalue weighted by molar-refractivity contribution is -0.149. The quantitative estimate of drug-likeness (QED) is 0.751. The molecule has 0 atom stereocenters. The van der Waals surface area contributed by atoms with Crippen molar-refractivity contribution in [1.29, 1.82) is 0 Å². The number of carbonyl (C=O) groups excluding carboxylic acids is 3. The summed E-state index contributed by atoms with van der Waals surface area (Å²) in [6.07, 6.45) is 1.11. The fraction of sp³-hybridized carbons (Fsp3) is 0.500. The van der Waals surface area contributed by atoms with E-state index < -0.39 is 5.97 Å². The molecule has 0 N–H and O–H groups in total. The third-order valence-electron chi connectivity index (χ3n) is 4.35. The van der Waals surface area contributed by atoms with Gasteiger partial charge in [0.1, 0.15) is 5.75 Å². The monoisotopic (exact) mass is 349 g/mol. The molecule has 1 fully saturated rings. The highest BCUT2D eigenvalue weighted by molar-refractivity contribution is 5.92. The largest absolute Gasteiger partial charge is 0.496 e. The Bertz CT molecular complexity index is 649. The Morgan fingerprint density at radius 3 is 2.44 bits per heavy atom. The Balaban J connectivity index is 1.84. The second kappa shape index (κ2) is 8.50. The highest BCUT2D eigenvalue weighted by atomic mass is 16.5. The number of piperidine rings is 1. The molecular formula is C18H23NO6. The molecule has 1 aliphatic rings. The van der Waals surface area contributed by atoms with Gasteiger partial charge in [0, 0.05) is 13.1 Å². The summed E-state index contributed by atoms with van der Waals surface area (Å²) in [4.78, 5) is 37.3. The van der Waals surface area contributed by atoms with Crippen molar-refractivity contribution < 1.29 is 28.6 Å². The first kappa shape index (κ1) is 18.8. The molecule has 1 aromatic carbocycles. The lowest BCUT2D eigenvalue weighted by atomic mass is 9.97. The molecule has 1 amide bonds. The molecule has 0 radical (unpaired) electrons. The number of hydrogen-bond donors (Lipinski definition) is 0. The number of hydrogen-bond acceptors (Lipinski definition) is 6. The van der Waals surface area contributed by atoms with Crippen molar-refractivity contribution in [1.82, 2.24) is 4.90 Å². The van der Waals surface area contributed by atoms with Crippen LogP contribution >= 0.6 is 0 Å². The molecule has 25 heavy (non-hydrogen) atoms. The molecule has 0 aromatic heterocycles. The first-order chi connectivity index (χ1) is 12.0. The van der Waals surface area contributed by atoms with Crippen molar-refractivity contribution in [3.63, 3.8) is 0 Å². The molecule has 1 aliphatic heterocycles. The first-order valence-corrected chi connectivity index (χ1v) is 8.13. The Morgan fingerprint density at radius 2 is 1.84 bits per heavy atom. The molecule has 0 saturated carbocycles. The molecule has 1 heterocycles. The van der Waals surface area contributed by atoms with E-state index in [9.17, 15) is 14.4 Å². The molecular weight excluding hydrogens is 326 g/mol. The van der Waals surface area contributed by atoms with Gasteiger partial charge in [0.05, 0.1) is 25.7 Å². The standard InChI is InChI=1S/C18H23NO6/c1-12-4-5-14(10-15(12)23-2)18(22)25-11-16(20)19-8-6-13(7-9-19)17(21)24-3/h4-5,10,13H,6-9,11H2,1-3H3. The fourth-order valence-electron chi connectivity index (χ4n) is 2.78. The van der Waals surface area contributed by atoms with E-state index in [4.69, 9.17) is 14.2 Å². The van der Waals surface area contributed by atoms with Crippen LogP contribution in [0.3, 0.4) is 0 Å². The van der Waals surface area contributed by atoms with Gasteiger partial charge in [-0.05, 0) is 37.5 Å². The molecule has 0 aliphatic carbocycles. The van der Waals surface area contributed by atoms with Gasteiger partial charge in [0.25, 0.3) is 5.91 Å². The Morgan fingerprint density at radius 1 is 1.16 bits per heavy atom. The average molecular weight is 349 g/mol. The zero-order chi connectivity index (χ0) is 18.4. The number of rotatable bonds is 5. The number of ether oxygens (including phenoxy) is 3. The molecule has 7 nitrogen and oxygen atoms in total. The number of carbonyl (C=O) groups is 3. The number of likely N-dealkylation sites (tertiary alicyclic amines) is 1. The average Bonchev–Trinajstić information content (AvgIpc) is 2.65. The predicted octanol–water partition coefficient (Wildman–Crippen LogP) is 1.57. The number of nitrogens with zero attached hydrogens (tertiary/aromatic N) is 1. The van der Waals surface area contributed by atoms with Gasteiger partial charge in [-0.2, -0.15) is 0 Å². The second-order valence-corrected chi connectivity index (χ2v) is 5.94. The van der Waals surface area contributed by atoms with E-state index in [0.717, 1.165) is 5.56 Å². The molecule has 7 heteroatoms. The van der Waals surface area contributed by atoms with E-state index in [-0.39, 0.29) is 24.4 Å². The van der Waals surface area contributed by atoms with E-state index in [2.05, 4.69) is 0 Å². The number of aryl methyl sites for hydroxylation is 1. The molecule has 0 bridgehead atoms. The van der Waals surface area contributed by atoms with Gasteiger partial charge in [0.2, 0.25) is 0 Å². The lowest BCUT2D eigenvalue weighted by Crippen LogP contribution is -2.42. The van der Waals surface area contributed by atoms with Crippen LogP contribution in [0.2, 0.25) is 0 Å². The number of amides is 1. The second-order valence-electron chi connectivity index (χ2n) is 5.94. The minimum Gasteiger partial charge on any atom is -0.496 e. The third-order valence-corrected chi connectivity index (χ3v) is 4.35. The normalized spacial score (nSPS) is 14.8. The first-order valence-electron chi connectivity index (χ1n) is 8.13. The molecule has 1 saturated heterocycles. The number of methoxy groups -OCH3 is 2. The summed E-state index contributed by atoms with van der Waals surface area (Å²) in [6.45, 7) is 2.45. The summed E-state index contributed by atoms with van der Waals surface area (Å²) in [5.41, 5.74) is 1.24. The maximum Gasteiger partial charge on any atom is 0.338 e. The van der Waals surface area contributed by atoms with Crippen LogP contribution in [0.4, 0.5) is 0 Å². The van der Waals surface area contributed by atoms with Crippen molar-refractivity contribution in [3.05, 3.63) is 29.3 Å². The number of esters is 2. The molecule has 2 rings (SSSR count). The van der Waals surface area contributed by atoms with Gasteiger partial charge < -0.3 is 19.1 Å². The van der Waals surface area contributed by atoms with Crippen LogP contribution in [-0.4, -0.2) is 56.7 Å². The fourth-order valence-corrected chi connectivity index (χ4v) is 2.78. The van der Waals surface area contributed by atoms with Crippen molar-refractivity contribution in [2.45, 2.75) is 19.8 Å². The Hall–Kier alpha value is -2.57. The SMILES string of the molecule is COC(=O)C1CCN(C(=O)COC(=O)c2ccc(C)c(OC)c2)CC1. The third kappa shape index (κ3) is 4.71.